The zero-order valence-corrected chi connectivity index (χ0v) is 12.9. The Morgan fingerprint density at radius 1 is 1.19 bits per heavy atom. The first kappa shape index (κ1) is 15.9. The minimum atomic E-state index is -2.79. The fourth-order valence-corrected chi connectivity index (χ4v) is 3.20. The number of thiophene rings is 1. The van der Waals surface area contributed by atoms with Crippen molar-refractivity contribution in [2.45, 2.75) is 32.9 Å². The van der Waals surface area contributed by atoms with Crippen molar-refractivity contribution in [2.24, 2.45) is 0 Å². The standard InChI is InChI=1S/C16H19F2NOS/c1-3-9-19-14(15-11(2)8-10-21-15)12-4-6-13(7-5-12)20-16(17)18/h4-8,10,14,16,19H,3,9H2,1-2H3. The van der Waals surface area contributed by atoms with E-state index in [0.29, 0.717) is 0 Å². The number of benzene rings is 1. The first-order valence-corrected chi connectivity index (χ1v) is 7.82. The topological polar surface area (TPSA) is 21.3 Å². The molecule has 5 heteroatoms. The number of hydrogen-bond acceptors (Lipinski definition) is 3. The SMILES string of the molecule is CCCNC(c1ccc(OC(F)F)cc1)c1sccc1C. The van der Waals surface area contributed by atoms with Gasteiger partial charge in [0.1, 0.15) is 5.75 Å². The van der Waals surface area contributed by atoms with Gasteiger partial charge in [0.2, 0.25) is 0 Å². The number of hydrogen-bond donors (Lipinski definition) is 1. The average Bonchev–Trinajstić information content (AvgIpc) is 2.87. The number of rotatable bonds is 7. The van der Waals surface area contributed by atoms with Crippen LogP contribution in [0, 0.1) is 6.92 Å². The van der Waals surface area contributed by atoms with Gasteiger partial charge < -0.3 is 10.1 Å². The molecule has 0 radical (unpaired) electrons. The van der Waals surface area contributed by atoms with Gasteiger partial charge in [-0.1, -0.05) is 19.1 Å². The lowest BCUT2D eigenvalue weighted by molar-refractivity contribution is -0.0498. The molecule has 0 aliphatic carbocycles. The fourth-order valence-electron chi connectivity index (χ4n) is 2.17. The van der Waals surface area contributed by atoms with Crippen LogP contribution in [0.4, 0.5) is 8.78 Å². The predicted molar refractivity (Wildman–Crippen MR) is 82.3 cm³/mol. The van der Waals surface area contributed by atoms with Crippen molar-refractivity contribution in [2.75, 3.05) is 6.54 Å². The number of halogens is 2. The largest absolute Gasteiger partial charge is 0.435 e. The van der Waals surface area contributed by atoms with Gasteiger partial charge in [-0.3, -0.25) is 0 Å². The third-order valence-electron chi connectivity index (χ3n) is 3.20. The summed E-state index contributed by atoms with van der Waals surface area (Å²) in [7, 11) is 0. The van der Waals surface area contributed by atoms with Crippen molar-refractivity contribution >= 4 is 11.3 Å². The highest BCUT2D eigenvalue weighted by Crippen LogP contribution is 2.30. The molecule has 2 rings (SSSR count). The van der Waals surface area contributed by atoms with Crippen LogP contribution in [0.5, 0.6) is 5.75 Å². The van der Waals surface area contributed by atoms with E-state index in [1.54, 1.807) is 23.5 Å². The maximum absolute atomic E-state index is 12.2. The minimum absolute atomic E-state index is 0.0885. The van der Waals surface area contributed by atoms with Gasteiger partial charge in [-0.05, 0) is 54.6 Å². The lowest BCUT2D eigenvalue weighted by Gasteiger charge is -2.19. The second-order valence-corrected chi connectivity index (χ2v) is 5.75. The van der Waals surface area contributed by atoms with Crippen molar-refractivity contribution in [1.82, 2.24) is 5.32 Å². The summed E-state index contributed by atoms with van der Waals surface area (Å²) in [6.07, 6.45) is 1.04. The maximum Gasteiger partial charge on any atom is 0.387 e. The predicted octanol–water partition coefficient (Wildman–Crippen LogP) is 4.75. The van der Waals surface area contributed by atoms with Crippen LogP contribution in [0.25, 0.3) is 0 Å². The first-order valence-electron chi connectivity index (χ1n) is 6.94. The van der Waals surface area contributed by atoms with E-state index in [9.17, 15) is 8.78 Å². The molecule has 0 spiro atoms. The highest BCUT2D eigenvalue weighted by molar-refractivity contribution is 7.10. The summed E-state index contributed by atoms with van der Waals surface area (Å²) in [5.74, 6) is 0.186. The molecule has 0 amide bonds. The summed E-state index contributed by atoms with van der Waals surface area (Å²) in [6.45, 7) is 2.31. The Morgan fingerprint density at radius 2 is 1.90 bits per heavy atom. The molecular weight excluding hydrogens is 292 g/mol. The molecule has 114 valence electrons. The van der Waals surface area contributed by atoms with Gasteiger partial charge in [0.25, 0.3) is 0 Å². The highest BCUT2D eigenvalue weighted by atomic mass is 32.1. The lowest BCUT2D eigenvalue weighted by Crippen LogP contribution is -2.22. The van der Waals surface area contributed by atoms with Gasteiger partial charge in [-0.15, -0.1) is 11.3 Å². The summed E-state index contributed by atoms with van der Waals surface area (Å²) < 4.78 is 28.8. The van der Waals surface area contributed by atoms with Crippen LogP contribution in [-0.4, -0.2) is 13.2 Å². The monoisotopic (exact) mass is 311 g/mol. The van der Waals surface area contributed by atoms with Crippen LogP contribution in [0.15, 0.2) is 35.7 Å². The van der Waals surface area contributed by atoms with Crippen LogP contribution in [0.1, 0.15) is 35.4 Å². The second-order valence-electron chi connectivity index (χ2n) is 4.80. The molecular formula is C16H19F2NOS. The molecule has 1 aromatic heterocycles. The number of nitrogens with one attached hydrogen (secondary N) is 1. The Kier molecular flexibility index (Phi) is 5.70. The van der Waals surface area contributed by atoms with E-state index in [0.717, 1.165) is 18.5 Å². The van der Waals surface area contributed by atoms with E-state index < -0.39 is 6.61 Å². The normalized spacial score (nSPS) is 12.6. The summed E-state index contributed by atoms with van der Waals surface area (Å²) in [6, 6.07) is 9.03. The van der Waals surface area contributed by atoms with Gasteiger partial charge in [0, 0.05) is 4.88 Å². The summed E-state index contributed by atoms with van der Waals surface area (Å²) in [5, 5.41) is 5.58. The fraction of sp³-hybridized carbons (Fsp3) is 0.375. The van der Waals surface area contributed by atoms with Gasteiger partial charge in [0.05, 0.1) is 6.04 Å². The van der Waals surface area contributed by atoms with Crippen molar-refractivity contribution < 1.29 is 13.5 Å². The maximum atomic E-state index is 12.2. The zero-order chi connectivity index (χ0) is 15.2. The zero-order valence-electron chi connectivity index (χ0n) is 12.1. The molecule has 21 heavy (non-hydrogen) atoms. The molecule has 0 aliphatic heterocycles. The van der Waals surface area contributed by atoms with Gasteiger partial charge in [-0.2, -0.15) is 8.78 Å². The molecule has 0 fully saturated rings. The Balaban J connectivity index is 2.22. The van der Waals surface area contributed by atoms with E-state index >= 15 is 0 Å². The van der Waals surface area contributed by atoms with Crippen molar-refractivity contribution in [1.29, 1.82) is 0 Å². The van der Waals surface area contributed by atoms with Crippen LogP contribution in [0.3, 0.4) is 0 Å². The van der Waals surface area contributed by atoms with Crippen molar-refractivity contribution in [3.05, 3.63) is 51.7 Å². The van der Waals surface area contributed by atoms with E-state index in [4.69, 9.17) is 0 Å². The molecule has 2 aromatic rings. The Hall–Kier alpha value is -1.46. The summed E-state index contributed by atoms with van der Waals surface area (Å²) in [5.41, 5.74) is 2.29. The highest BCUT2D eigenvalue weighted by Gasteiger charge is 2.17. The average molecular weight is 311 g/mol. The molecule has 0 saturated heterocycles. The van der Waals surface area contributed by atoms with Crippen LogP contribution in [-0.2, 0) is 0 Å². The molecule has 1 unspecified atom stereocenters. The number of ether oxygens (including phenoxy) is 1. The van der Waals surface area contributed by atoms with Crippen molar-refractivity contribution in [3.8, 4) is 5.75 Å². The number of alkyl halides is 2. The first-order chi connectivity index (χ1) is 10.1. The molecule has 1 heterocycles. The Morgan fingerprint density at radius 3 is 2.43 bits per heavy atom. The quantitative estimate of drug-likeness (QED) is 0.797. The van der Waals surface area contributed by atoms with Crippen molar-refractivity contribution in [3.63, 3.8) is 0 Å². The van der Waals surface area contributed by atoms with Gasteiger partial charge >= 0.3 is 6.61 Å². The Labute approximate surface area is 127 Å². The van der Waals surface area contributed by atoms with E-state index in [2.05, 4.69) is 35.3 Å². The van der Waals surface area contributed by atoms with Crippen LogP contribution < -0.4 is 10.1 Å². The molecule has 2 nitrogen and oxygen atoms in total. The van der Waals surface area contributed by atoms with E-state index in [1.807, 2.05) is 12.1 Å². The van der Waals surface area contributed by atoms with E-state index in [1.165, 1.54) is 10.4 Å². The Bertz CT molecular complexity index is 554. The summed E-state index contributed by atoms with van der Waals surface area (Å²) >= 11 is 1.70. The molecule has 0 bridgehead atoms. The molecule has 0 aliphatic rings. The third-order valence-corrected chi connectivity index (χ3v) is 4.28. The van der Waals surface area contributed by atoms with Crippen LogP contribution in [0.2, 0.25) is 0 Å². The van der Waals surface area contributed by atoms with Gasteiger partial charge in [-0.25, -0.2) is 0 Å². The van der Waals surface area contributed by atoms with E-state index in [-0.39, 0.29) is 11.8 Å². The van der Waals surface area contributed by atoms with Crippen LogP contribution >= 0.6 is 11.3 Å². The second kappa shape index (κ2) is 7.52. The summed E-state index contributed by atoms with van der Waals surface area (Å²) in [4.78, 5) is 1.26. The number of aryl methyl sites for hydroxylation is 1. The molecule has 1 aromatic carbocycles. The molecule has 1 atom stereocenters. The third kappa shape index (κ3) is 4.25. The van der Waals surface area contributed by atoms with Gasteiger partial charge in [0.15, 0.2) is 0 Å². The molecule has 1 N–H and O–H groups in total. The minimum Gasteiger partial charge on any atom is -0.435 e. The molecule has 0 saturated carbocycles. The lowest BCUT2D eigenvalue weighted by atomic mass is 10.0. The smallest absolute Gasteiger partial charge is 0.387 e.